The Morgan fingerprint density at radius 2 is 1.93 bits per heavy atom. The Kier molecular flexibility index (Phi) is 5.17. The van der Waals surface area contributed by atoms with Crippen LogP contribution in [0.25, 0.3) is 10.9 Å². The highest BCUT2D eigenvalue weighted by atomic mass is 32.2. The van der Waals surface area contributed by atoms with Gasteiger partial charge in [-0.25, -0.2) is 4.98 Å². The van der Waals surface area contributed by atoms with Crippen molar-refractivity contribution in [1.29, 1.82) is 0 Å². The zero-order valence-corrected chi connectivity index (χ0v) is 16.2. The lowest BCUT2D eigenvalue weighted by Crippen LogP contribution is -2.12. The van der Waals surface area contributed by atoms with E-state index >= 15 is 0 Å². The lowest BCUT2D eigenvalue weighted by molar-refractivity contribution is 0.948. The molecule has 0 aliphatic rings. The van der Waals surface area contributed by atoms with E-state index in [1.807, 2.05) is 30.3 Å². The Bertz CT molecular complexity index is 1120. The molecule has 0 unspecified atom stereocenters. The van der Waals surface area contributed by atoms with Gasteiger partial charge in [-0.1, -0.05) is 52.9 Å². The van der Waals surface area contributed by atoms with Crippen molar-refractivity contribution in [2.24, 2.45) is 0 Å². The molecule has 0 spiro atoms. The zero-order valence-electron chi connectivity index (χ0n) is 14.6. The summed E-state index contributed by atoms with van der Waals surface area (Å²) in [7, 11) is 0. The van der Waals surface area contributed by atoms with Gasteiger partial charge >= 0.3 is 0 Å². The second-order valence-corrected chi connectivity index (χ2v) is 8.31. The third-order valence-corrected chi connectivity index (χ3v) is 5.91. The fourth-order valence-electron chi connectivity index (χ4n) is 2.57. The molecule has 4 aromatic rings. The molecule has 2 aromatic carbocycles. The smallest absolute Gasteiger partial charge is 0.258 e. The van der Waals surface area contributed by atoms with Crippen LogP contribution in [0.15, 0.2) is 57.7 Å². The number of nitrogens with zero attached hydrogens (tertiary/aromatic N) is 3. The van der Waals surface area contributed by atoms with Crippen LogP contribution >= 0.6 is 23.1 Å². The van der Waals surface area contributed by atoms with E-state index in [1.165, 1.54) is 16.9 Å². The van der Waals surface area contributed by atoms with E-state index < -0.39 is 0 Å². The van der Waals surface area contributed by atoms with Gasteiger partial charge in [0.2, 0.25) is 5.13 Å². The number of aromatic amines is 1. The van der Waals surface area contributed by atoms with Gasteiger partial charge in [-0.15, -0.1) is 10.2 Å². The largest absolute Gasteiger partial charge is 0.330 e. The van der Waals surface area contributed by atoms with Crippen LogP contribution in [-0.2, 0) is 6.42 Å². The first-order valence-corrected chi connectivity index (χ1v) is 10.3. The van der Waals surface area contributed by atoms with E-state index in [4.69, 9.17) is 0 Å². The molecule has 0 aliphatic carbocycles. The van der Waals surface area contributed by atoms with Gasteiger partial charge in [-0.2, -0.15) is 0 Å². The van der Waals surface area contributed by atoms with E-state index in [1.54, 1.807) is 17.8 Å². The summed E-state index contributed by atoms with van der Waals surface area (Å²) in [6.07, 6.45) is 0.658. The summed E-state index contributed by atoms with van der Waals surface area (Å²) in [5.74, 6) is 1.45. The maximum Gasteiger partial charge on any atom is 0.258 e. The van der Waals surface area contributed by atoms with E-state index in [0.29, 0.717) is 17.6 Å². The molecule has 0 bridgehead atoms. The van der Waals surface area contributed by atoms with Gasteiger partial charge in [0.1, 0.15) is 5.82 Å². The van der Waals surface area contributed by atoms with Crippen LogP contribution < -0.4 is 10.9 Å². The Morgan fingerprint density at radius 3 is 2.78 bits per heavy atom. The van der Waals surface area contributed by atoms with Crippen LogP contribution in [0, 0.1) is 6.92 Å². The molecule has 8 heteroatoms. The second-order valence-electron chi connectivity index (χ2n) is 5.99. The standard InChI is InChI=1S/C19H17N5OS2/c1-12-6-8-13(9-7-12)20-18-23-24-19(27-18)26-11-10-16-21-15-5-3-2-4-14(15)17(25)22-16/h2-9H,10-11H2,1H3,(H,20,23)(H,21,22,25). The number of hydrogen-bond donors (Lipinski definition) is 2. The molecule has 0 saturated carbocycles. The van der Waals surface area contributed by atoms with E-state index in [2.05, 4.69) is 44.5 Å². The first-order valence-electron chi connectivity index (χ1n) is 8.45. The maximum atomic E-state index is 12.1. The molecule has 0 atom stereocenters. The van der Waals surface area contributed by atoms with Crippen molar-refractivity contribution in [2.75, 3.05) is 11.1 Å². The molecule has 0 radical (unpaired) electrons. The lowest BCUT2D eigenvalue weighted by Gasteiger charge is -2.02. The normalized spacial score (nSPS) is 11.0. The minimum absolute atomic E-state index is 0.0962. The second kappa shape index (κ2) is 7.89. The van der Waals surface area contributed by atoms with Gasteiger partial charge < -0.3 is 10.3 Å². The molecule has 4 rings (SSSR count). The number of hydrogen-bond acceptors (Lipinski definition) is 7. The van der Waals surface area contributed by atoms with Crippen molar-refractivity contribution in [2.45, 2.75) is 17.7 Å². The summed E-state index contributed by atoms with van der Waals surface area (Å²) in [4.78, 5) is 19.5. The highest BCUT2D eigenvalue weighted by molar-refractivity contribution is 8.01. The number of H-pyrrole nitrogens is 1. The van der Waals surface area contributed by atoms with Gasteiger partial charge in [0.15, 0.2) is 4.34 Å². The number of benzene rings is 2. The molecule has 2 heterocycles. The highest BCUT2D eigenvalue weighted by Crippen LogP contribution is 2.28. The Labute approximate surface area is 164 Å². The predicted octanol–water partition coefficient (Wildman–Crippen LogP) is 4.16. The molecule has 136 valence electrons. The molecule has 0 aliphatic heterocycles. The van der Waals surface area contributed by atoms with Crippen LogP contribution in [0.3, 0.4) is 0 Å². The molecular formula is C19H17N5OS2. The van der Waals surface area contributed by atoms with E-state index in [-0.39, 0.29) is 5.56 Å². The SMILES string of the molecule is Cc1ccc(Nc2nnc(SCCc3nc4ccccc4c(=O)[nH]3)s2)cc1. The van der Waals surface area contributed by atoms with Crippen LogP contribution in [0.5, 0.6) is 0 Å². The number of para-hydroxylation sites is 1. The molecule has 2 N–H and O–H groups in total. The summed E-state index contributed by atoms with van der Waals surface area (Å²) >= 11 is 3.11. The maximum absolute atomic E-state index is 12.1. The van der Waals surface area contributed by atoms with Crippen molar-refractivity contribution >= 4 is 44.8 Å². The molecular weight excluding hydrogens is 378 g/mol. The number of rotatable bonds is 6. The van der Waals surface area contributed by atoms with Crippen molar-refractivity contribution in [3.63, 3.8) is 0 Å². The Morgan fingerprint density at radius 1 is 1.11 bits per heavy atom. The van der Waals surface area contributed by atoms with Gasteiger partial charge in [0, 0.05) is 17.9 Å². The molecule has 27 heavy (non-hydrogen) atoms. The molecule has 2 aromatic heterocycles. The molecule has 0 saturated heterocycles. The molecule has 0 fully saturated rings. The fraction of sp³-hybridized carbons (Fsp3) is 0.158. The zero-order chi connectivity index (χ0) is 18.6. The van der Waals surface area contributed by atoms with Gasteiger partial charge in [-0.05, 0) is 31.2 Å². The summed E-state index contributed by atoms with van der Waals surface area (Å²) in [5, 5.41) is 13.0. The summed E-state index contributed by atoms with van der Waals surface area (Å²) in [5.41, 5.74) is 2.84. The Balaban J connectivity index is 1.36. The molecule has 0 amide bonds. The van der Waals surface area contributed by atoms with Crippen LogP contribution in [0.4, 0.5) is 10.8 Å². The number of aryl methyl sites for hydroxylation is 2. The minimum atomic E-state index is -0.0962. The first kappa shape index (κ1) is 17.7. The predicted molar refractivity (Wildman–Crippen MR) is 111 cm³/mol. The third kappa shape index (κ3) is 4.35. The number of fused-ring (bicyclic) bond motifs is 1. The topological polar surface area (TPSA) is 83.6 Å². The highest BCUT2D eigenvalue weighted by Gasteiger charge is 2.07. The quantitative estimate of drug-likeness (QED) is 0.477. The molecule has 6 nitrogen and oxygen atoms in total. The fourth-order valence-corrected chi connectivity index (χ4v) is 4.36. The first-order chi connectivity index (χ1) is 13.2. The van der Waals surface area contributed by atoms with Gasteiger partial charge in [0.25, 0.3) is 5.56 Å². The Hall–Kier alpha value is -2.71. The summed E-state index contributed by atoms with van der Waals surface area (Å²) in [6.45, 7) is 2.06. The van der Waals surface area contributed by atoms with Gasteiger partial charge in [-0.3, -0.25) is 4.79 Å². The number of thioether (sulfide) groups is 1. The van der Waals surface area contributed by atoms with Crippen LogP contribution in [0.1, 0.15) is 11.4 Å². The average molecular weight is 396 g/mol. The van der Waals surface area contributed by atoms with Crippen LogP contribution in [0.2, 0.25) is 0 Å². The lowest BCUT2D eigenvalue weighted by atomic mass is 10.2. The van der Waals surface area contributed by atoms with Crippen molar-refractivity contribution in [1.82, 2.24) is 20.2 Å². The minimum Gasteiger partial charge on any atom is -0.330 e. The van der Waals surface area contributed by atoms with Crippen molar-refractivity contribution < 1.29 is 0 Å². The monoisotopic (exact) mass is 395 g/mol. The van der Waals surface area contributed by atoms with E-state index in [9.17, 15) is 4.79 Å². The van der Waals surface area contributed by atoms with Gasteiger partial charge in [0.05, 0.1) is 10.9 Å². The number of nitrogens with one attached hydrogen (secondary N) is 2. The third-order valence-electron chi connectivity index (χ3n) is 3.94. The van der Waals surface area contributed by atoms with Crippen molar-refractivity contribution in [3.8, 4) is 0 Å². The van der Waals surface area contributed by atoms with Crippen LogP contribution in [-0.4, -0.2) is 25.9 Å². The van der Waals surface area contributed by atoms with Crippen molar-refractivity contribution in [3.05, 3.63) is 70.3 Å². The summed E-state index contributed by atoms with van der Waals surface area (Å²) in [6, 6.07) is 15.5. The summed E-state index contributed by atoms with van der Waals surface area (Å²) < 4.78 is 0.882. The average Bonchev–Trinajstić information content (AvgIpc) is 3.11. The number of anilines is 2. The number of aromatic nitrogens is 4. The van der Waals surface area contributed by atoms with E-state index in [0.717, 1.165) is 26.4 Å².